The molecular formula is C16H25ClN2O2. The lowest BCUT2D eigenvalue weighted by Crippen LogP contribution is -2.46. The quantitative estimate of drug-likeness (QED) is 0.761. The summed E-state index contributed by atoms with van der Waals surface area (Å²) in [7, 11) is 0. The van der Waals surface area contributed by atoms with Crippen LogP contribution in [0, 0.1) is 0 Å². The zero-order chi connectivity index (χ0) is 14.0. The summed E-state index contributed by atoms with van der Waals surface area (Å²) in [5, 5.41) is 6.25. The fourth-order valence-electron chi connectivity index (χ4n) is 2.34. The molecule has 1 heterocycles. The molecule has 0 bridgehead atoms. The van der Waals surface area contributed by atoms with Crippen LogP contribution >= 0.6 is 12.4 Å². The molecule has 2 rings (SSSR count). The first-order chi connectivity index (χ1) is 9.86. The molecule has 1 aliphatic rings. The Bertz CT molecular complexity index is 395. The van der Waals surface area contributed by atoms with Crippen LogP contribution in [0.2, 0.25) is 0 Å². The van der Waals surface area contributed by atoms with Gasteiger partial charge in [-0.25, -0.2) is 0 Å². The zero-order valence-electron chi connectivity index (χ0n) is 12.3. The van der Waals surface area contributed by atoms with Crippen molar-refractivity contribution in [2.45, 2.75) is 38.1 Å². The molecular weight excluding hydrogens is 288 g/mol. The molecule has 2 N–H and O–H groups in total. The Morgan fingerprint density at radius 2 is 2.05 bits per heavy atom. The summed E-state index contributed by atoms with van der Waals surface area (Å²) in [6.45, 7) is 2.39. The van der Waals surface area contributed by atoms with Gasteiger partial charge in [-0.1, -0.05) is 24.6 Å². The van der Waals surface area contributed by atoms with Gasteiger partial charge < -0.3 is 15.4 Å². The monoisotopic (exact) mass is 312 g/mol. The number of piperidine rings is 1. The zero-order valence-corrected chi connectivity index (χ0v) is 13.2. The number of ether oxygens (including phenoxy) is 1. The minimum Gasteiger partial charge on any atom is -0.494 e. The van der Waals surface area contributed by atoms with Crippen molar-refractivity contribution in [2.24, 2.45) is 0 Å². The first kappa shape index (κ1) is 17.8. The van der Waals surface area contributed by atoms with E-state index in [9.17, 15) is 4.79 Å². The van der Waals surface area contributed by atoms with Crippen molar-refractivity contribution in [3.8, 4) is 5.75 Å². The number of hydrogen-bond acceptors (Lipinski definition) is 3. The Balaban J connectivity index is 0.00000220. The number of carbonyl (C=O) groups is 1. The summed E-state index contributed by atoms with van der Waals surface area (Å²) >= 11 is 0. The van der Waals surface area contributed by atoms with E-state index < -0.39 is 0 Å². The number of para-hydroxylation sites is 1. The van der Waals surface area contributed by atoms with Gasteiger partial charge in [0.15, 0.2) is 0 Å². The lowest BCUT2D eigenvalue weighted by molar-refractivity contribution is -0.123. The molecule has 5 heteroatoms. The normalized spacial score (nSPS) is 17.6. The molecule has 1 unspecified atom stereocenters. The predicted octanol–water partition coefficient (Wildman–Crippen LogP) is 2.53. The Hall–Kier alpha value is -1.26. The Morgan fingerprint density at radius 1 is 1.24 bits per heavy atom. The van der Waals surface area contributed by atoms with Gasteiger partial charge in [0.05, 0.1) is 12.6 Å². The van der Waals surface area contributed by atoms with Gasteiger partial charge >= 0.3 is 0 Å². The number of benzene rings is 1. The third-order valence-electron chi connectivity index (χ3n) is 3.51. The van der Waals surface area contributed by atoms with Gasteiger partial charge in [0.2, 0.25) is 5.91 Å². The van der Waals surface area contributed by atoms with E-state index in [1.54, 1.807) is 0 Å². The second kappa shape index (κ2) is 10.5. The lowest BCUT2D eigenvalue weighted by atomic mass is 10.0. The highest BCUT2D eigenvalue weighted by Gasteiger charge is 2.19. The highest BCUT2D eigenvalue weighted by atomic mass is 35.5. The summed E-state index contributed by atoms with van der Waals surface area (Å²) < 4.78 is 5.60. The average molecular weight is 313 g/mol. The van der Waals surface area contributed by atoms with Crippen molar-refractivity contribution in [3.05, 3.63) is 30.3 Å². The van der Waals surface area contributed by atoms with E-state index in [1.165, 1.54) is 6.42 Å². The third-order valence-corrected chi connectivity index (χ3v) is 3.51. The highest BCUT2D eigenvalue weighted by molar-refractivity contribution is 5.85. The number of halogens is 1. The van der Waals surface area contributed by atoms with Crippen LogP contribution in [0.5, 0.6) is 5.75 Å². The maximum Gasteiger partial charge on any atom is 0.237 e. The Labute approximate surface area is 133 Å². The lowest BCUT2D eigenvalue weighted by Gasteiger charge is -2.22. The number of unbranched alkanes of at least 4 members (excludes halogenated alkanes) is 1. The molecule has 1 fully saturated rings. The summed E-state index contributed by atoms with van der Waals surface area (Å²) in [6.07, 6.45) is 5.19. The Morgan fingerprint density at radius 3 is 2.76 bits per heavy atom. The fourth-order valence-corrected chi connectivity index (χ4v) is 2.34. The van der Waals surface area contributed by atoms with E-state index >= 15 is 0 Å². The van der Waals surface area contributed by atoms with Crippen molar-refractivity contribution in [1.29, 1.82) is 0 Å². The molecule has 1 aromatic rings. The Kier molecular flexibility index (Phi) is 8.87. The van der Waals surface area contributed by atoms with E-state index in [4.69, 9.17) is 4.74 Å². The second-order valence-corrected chi connectivity index (χ2v) is 5.16. The molecule has 0 spiro atoms. The van der Waals surface area contributed by atoms with Crippen molar-refractivity contribution in [3.63, 3.8) is 0 Å². The van der Waals surface area contributed by atoms with Crippen LogP contribution in [-0.4, -0.2) is 31.6 Å². The van der Waals surface area contributed by atoms with Gasteiger partial charge in [0, 0.05) is 6.54 Å². The van der Waals surface area contributed by atoms with Gasteiger partial charge in [-0.05, 0) is 44.4 Å². The van der Waals surface area contributed by atoms with Crippen LogP contribution < -0.4 is 15.4 Å². The molecule has 1 saturated heterocycles. The van der Waals surface area contributed by atoms with Gasteiger partial charge in [0.1, 0.15) is 5.75 Å². The molecule has 0 aromatic heterocycles. The predicted molar refractivity (Wildman–Crippen MR) is 87.1 cm³/mol. The van der Waals surface area contributed by atoms with Crippen molar-refractivity contribution in [2.75, 3.05) is 19.7 Å². The molecule has 1 aliphatic heterocycles. The summed E-state index contributed by atoms with van der Waals surface area (Å²) in [4.78, 5) is 11.8. The molecule has 1 amide bonds. The number of amides is 1. The maximum absolute atomic E-state index is 11.8. The van der Waals surface area contributed by atoms with Crippen LogP contribution in [0.15, 0.2) is 30.3 Å². The molecule has 0 saturated carbocycles. The fraction of sp³-hybridized carbons (Fsp3) is 0.562. The largest absolute Gasteiger partial charge is 0.494 e. The molecule has 4 nitrogen and oxygen atoms in total. The summed E-state index contributed by atoms with van der Waals surface area (Å²) in [5.41, 5.74) is 0. The van der Waals surface area contributed by atoms with Crippen LogP contribution in [0.4, 0.5) is 0 Å². The van der Waals surface area contributed by atoms with Crippen molar-refractivity contribution < 1.29 is 9.53 Å². The molecule has 0 radical (unpaired) electrons. The van der Waals surface area contributed by atoms with Crippen LogP contribution in [0.3, 0.4) is 0 Å². The highest BCUT2D eigenvalue weighted by Crippen LogP contribution is 2.09. The molecule has 0 aliphatic carbocycles. The minimum atomic E-state index is 0. The molecule has 21 heavy (non-hydrogen) atoms. The van der Waals surface area contributed by atoms with Gasteiger partial charge in [-0.15, -0.1) is 12.4 Å². The standard InChI is InChI=1S/C16H24N2O2.ClH/c19-16(15-10-4-5-11-17-15)18-12-6-7-13-20-14-8-2-1-3-9-14;/h1-3,8-9,15,17H,4-7,10-13H2,(H,18,19);1H. The van der Waals surface area contributed by atoms with Crippen LogP contribution in [0.25, 0.3) is 0 Å². The average Bonchev–Trinajstić information content (AvgIpc) is 2.52. The van der Waals surface area contributed by atoms with Gasteiger partial charge in [0.25, 0.3) is 0 Å². The van der Waals surface area contributed by atoms with E-state index in [-0.39, 0.29) is 24.4 Å². The van der Waals surface area contributed by atoms with Gasteiger partial charge in [-0.3, -0.25) is 4.79 Å². The van der Waals surface area contributed by atoms with Crippen molar-refractivity contribution >= 4 is 18.3 Å². The smallest absolute Gasteiger partial charge is 0.237 e. The van der Waals surface area contributed by atoms with E-state index in [1.807, 2.05) is 30.3 Å². The number of carbonyl (C=O) groups excluding carboxylic acids is 1. The molecule has 1 aromatic carbocycles. The number of nitrogens with one attached hydrogen (secondary N) is 2. The number of hydrogen-bond donors (Lipinski definition) is 2. The topological polar surface area (TPSA) is 50.4 Å². The van der Waals surface area contributed by atoms with E-state index in [2.05, 4.69) is 10.6 Å². The van der Waals surface area contributed by atoms with E-state index in [0.717, 1.165) is 44.5 Å². The van der Waals surface area contributed by atoms with Crippen LogP contribution in [-0.2, 0) is 4.79 Å². The minimum absolute atomic E-state index is 0. The maximum atomic E-state index is 11.8. The van der Waals surface area contributed by atoms with Crippen LogP contribution in [0.1, 0.15) is 32.1 Å². The SMILES string of the molecule is Cl.O=C(NCCCCOc1ccccc1)C1CCCCN1. The summed E-state index contributed by atoms with van der Waals surface area (Å²) in [6, 6.07) is 9.83. The van der Waals surface area contributed by atoms with Crippen molar-refractivity contribution in [1.82, 2.24) is 10.6 Å². The second-order valence-electron chi connectivity index (χ2n) is 5.16. The van der Waals surface area contributed by atoms with E-state index in [0.29, 0.717) is 6.61 Å². The van der Waals surface area contributed by atoms with Gasteiger partial charge in [-0.2, -0.15) is 0 Å². The third kappa shape index (κ3) is 6.82. The first-order valence-corrected chi connectivity index (χ1v) is 7.55. The number of rotatable bonds is 7. The summed E-state index contributed by atoms with van der Waals surface area (Å²) in [5.74, 6) is 1.05. The first-order valence-electron chi connectivity index (χ1n) is 7.55. The molecule has 1 atom stereocenters. The molecule has 118 valence electrons.